The highest BCUT2D eigenvalue weighted by molar-refractivity contribution is 6.02. The number of benzene rings is 2. The van der Waals surface area contributed by atoms with Gasteiger partial charge in [0, 0.05) is 30.8 Å². The highest BCUT2D eigenvalue weighted by Gasteiger charge is 2.40. The highest BCUT2D eigenvalue weighted by Crippen LogP contribution is 2.45. The van der Waals surface area contributed by atoms with E-state index in [-0.39, 0.29) is 11.3 Å². The normalized spacial score (nSPS) is 19.1. The fraction of sp³-hybridized carbons (Fsp3) is 0.417. The van der Waals surface area contributed by atoms with Crippen LogP contribution in [0.1, 0.15) is 53.6 Å². The molecule has 4 rings (SSSR count). The van der Waals surface area contributed by atoms with Crippen LogP contribution >= 0.6 is 0 Å². The Morgan fingerprint density at radius 2 is 1.75 bits per heavy atom. The second-order valence-corrected chi connectivity index (χ2v) is 8.36. The first-order valence-corrected chi connectivity index (χ1v) is 10.3. The van der Waals surface area contributed by atoms with Gasteiger partial charge in [-0.15, -0.1) is 0 Å². The minimum Gasteiger partial charge on any atom is -0.345 e. The molecule has 2 aromatic rings. The molecule has 1 heterocycles. The first-order chi connectivity index (χ1) is 13.6. The van der Waals surface area contributed by atoms with Crippen molar-refractivity contribution in [3.8, 4) is 0 Å². The van der Waals surface area contributed by atoms with Crippen LogP contribution in [0.5, 0.6) is 0 Å². The molecule has 0 radical (unpaired) electrons. The zero-order valence-corrected chi connectivity index (χ0v) is 16.9. The van der Waals surface area contributed by atoms with E-state index in [0.29, 0.717) is 6.54 Å². The summed E-state index contributed by atoms with van der Waals surface area (Å²) in [6.07, 6.45) is 7.41. The molecule has 4 heteroatoms. The second kappa shape index (κ2) is 7.78. The largest absolute Gasteiger partial charge is 0.345 e. The molecule has 0 saturated heterocycles. The zero-order valence-electron chi connectivity index (χ0n) is 16.9. The van der Waals surface area contributed by atoms with Gasteiger partial charge >= 0.3 is 0 Å². The summed E-state index contributed by atoms with van der Waals surface area (Å²) in [6, 6.07) is 16.5. The SMILES string of the molecule is CN(C)C(=O)c1ccc(CN=C2Nc3ccccc3CC23CCCCC3)cc1. The molecule has 0 atom stereocenters. The molecular weight excluding hydrogens is 346 g/mol. The van der Waals surface area contributed by atoms with Crippen molar-refractivity contribution in [3.05, 3.63) is 65.2 Å². The van der Waals surface area contributed by atoms with Crippen LogP contribution in [0, 0.1) is 5.41 Å². The molecule has 28 heavy (non-hydrogen) atoms. The van der Waals surface area contributed by atoms with Crippen molar-refractivity contribution in [2.24, 2.45) is 10.4 Å². The van der Waals surface area contributed by atoms with Crippen molar-refractivity contribution in [1.82, 2.24) is 4.90 Å². The molecular formula is C24H29N3O. The number of anilines is 1. The number of aliphatic imine (C=N–C) groups is 1. The fourth-order valence-electron chi connectivity index (χ4n) is 4.54. The summed E-state index contributed by atoms with van der Waals surface area (Å²) < 4.78 is 0. The van der Waals surface area contributed by atoms with E-state index >= 15 is 0 Å². The third-order valence-corrected chi connectivity index (χ3v) is 6.14. The Bertz CT molecular complexity index is 877. The maximum Gasteiger partial charge on any atom is 0.253 e. The molecule has 146 valence electrons. The van der Waals surface area contributed by atoms with Crippen LogP contribution in [0.25, 0.3) is 0 Å². The molecule has 1 fully saturated rings. The van der Waals surface area contributed by atoms with E-state index in [2.05, 4.69) is 29.6 Å². The van der Waals surface area contributed by atoms with Gasteiger partial charge in [0.2, 0.25) is 0 Å². The summed E-state index contributed by atoms with van der Waals surface area (Å²) in [5.41, 5.74) is 4.62. The lowest BCUT2D eigenvalue weighted by atomic mass is 9.67. The van der Waals surface area contributed by atoms with Crippen LogP contribution < -0.4 is 5.32 Å². The van der Waals surface area contributed by atoms with E-state index in [0.717, 1.165) is 23.4 Å². The standard InChI is InChI=1S/C24H29N3O/c1-27(2)22(28)19-12-10-18(11-13-19)17-25-23-24(14-6-3-7-15-24)16-20-8-4-5-9-21(20)26-23/h4-5,8-13H,3,6-7,14-17H2,1-2H3,(H,25,26). The number of carbonyl (C=O) groups is 1. The Morgan fingerprint density at radius 1 is 1.04 bits per heavy atom. The lowest BCUT2D eigenvalue weighted by Gasteiger charge is -2.42. The monoisotopic (exact) mass is 375 g/mol. The third kappa shape index (κ3) is 3.68. The summed E-state index contributed by atoms with van der Waals surface area (Å²) in [7, 11) is 3.55. The quantitative estimate of drug-likeness (QED) is 0.829. The van der Waals surface area contributed by atoms with E-state index in [1.165, 1.54) is 43.4 Å². The lowest BCUT2D eigenvalue weighted by molar-refractivity contribution is 0.0827. The zero-order chi connectivity index (χ0) is 19.6. The van der Waals surface area contributed by atoms with Crippen LogP contribution in [-0.2, 0) is 13.0 Å². The van der Waals surface area contributed by atoms with E-state index in [4.69, 9.17) is 4.99 Å². The molecule has 1 aliphatic carbocycles. The number of para-hydroxylation sites is 1. The number of nitrogens with one attached hydrogen (secondary N) is 1. The molecule has 1 aliphatic heterocycles. The first kappa shape index (κ1) is 18.7. The fourth-order valence-corrected chi connectivity index (χ4v) is 4.54. The van der Waals surface area contributed by atoms with E-state index < -0.39 is 0 Å². The summed E-state index contributed by atoms with van der Waals surface area (Å²) in [6.45, 7) is 0.642. The van der Waals surface area contributed by atoms with Crippen LogP contribution in [0.4, 0.5) is 5.69 Å². The molecule has 0 aromatic heterocycles. The Hall–Kier alpha value is -2.62. The summed E-state index contributed by atoms with van der Waals surface area (Å²) in [5, 5.41) is 3.66. The highest BCUT2D eigenvalue weighted by atomic mass is 16.2. The topological polar surface area (TPSA) is 44.7 Å². The van der Waals surface area contributed by atoms with Crippen LogP contribution in [0.15, 0.2) is 53.5 Å². The average molecular weight is 376 g/mol. The van der Waals surface area contributed by atoms with Gasteiger partial charge in [-0.05, 0) is 48.6 Å². The van der Waals surface area contributed by atoms with E-state index in [1.807, 2.05) is 24.3 Å². The average Bonchev–Trinajstić information content (AvgIpc) is 2.72. The molecule has 1 spiro atoms. The lowest BCUT2D eigenvalue weighted by Crippen LogP contribution is -2.43. The Kier molecular flexibility index (Phi) is 5.21. The summed E-state index contributed by atoms with van der Waals surface area (Å²) in [5.74, 6) is 1.18. The molecule has 0 unspecified atom stereocenters. The molecule has 2 aliphatic rings. The van der Waals surface area contributed by atoms with Crippen molar-refractivity contribution in [2.45, 2.75) is 45.1 Å². The van der Waals surface area contributed by atoms with Crippen molar-refractivity contribution >= 4 is 17.4 Å². The molecule has 1 N–H and O–H groups in total. The number of carbonyl (C=O) groups excluding carboxylic acids is 1. The molecule has 1 amide bonds. The minimum atomic E-state index is 0.0320. The number of hydrogen-bond acceptors (Lipinski definition) is 2. The van der Waals surface area contributed by atoms with Crippen LogP contribution in [-0.4, -0.2) is 30.7 Å². The number of nitrogens with zero attached hydrogens (tertiary/aromatic N) is 2. The summed E-state index contributed by atoms with van der Waals surface area (Å²) >= 11 is 0. The predicted octanol–water partition coefficient (Wildman–Crippen LogP) is 4.91. The van der Waals surface area contributed by atoms with Crippen molar-refractivity contribution < 1.29 is 4.79 Å². The number of fused-ring (bicyclic) bond motifs is 1. The smallest absolute Gasteiger partial charge is 0.253 e. The number of hydrogen-bond donors (Lipinski definition) is 1. The maximum atomic E-state index is 12.1. The third-order valence-electron chi connectivity index (χ3n) is 6.14. The minimum absolute atomic E-state index is 0.0320. The van der Waals surface area contributed by atoms with Gasteiger partial charge in [0.25, 0.3) is 5.91 Å². The van der Waals surface area contributed by atoms with Gasteiger partial charge in [0.1, 0.15) is 5.84 Å². The van der Waals surface area contributed by atoms with Gasteiger partial charge in [-0.25, -0.2) is 0 Å². The van der Waals surface area contributed by atoms with E-state index in [1.54, 1.807) is 19.0 Å². The van der Waals surface area contributed by atoms with Gasteiger partial charge in [-0.1, -0.05) is 49.6 Å². The van der Waals surface area contributed by atoms with Crippen molar-refractivity contribution in [3.63, 3.8) is 0 Å². The van der Waals surface area contributed by atoms with Gasteiger partial charge < -0.3 is 10.2 Å². The Balaban J connectivity index is 1.57. The van der Waals surface area contributed by atoms with Gasteiger partial charge in [-0.3, -0.25) is 9.79 Å². The Labute approximate surface area is 167 Å². The summed E-state index contributed by atoms with van der Waals surface area (Å²) in [4.78, 5) is 18.7. The van der Waals surface area contributed by atoms with Crippen LogP contribution in [0.2, 0.25) is 0 Å². The predicted molar refractivity (Wildman–Crippen MR) is 115 cm³/mol. The number of rotatable bonds is 3. The van der Waals surface area contributed by atoms with Crippen LogP contribution in [0.3, 0.4) is 0 Å². The molecule has 4 nitrogen and oxygen atoms in total. The second-order valence-electron chi connectivity index (χ2n) is 8.36. The van der Waals surface area contributed by atoms with E-state index in [9.17, 15) is 4.79 Å². The molecule has 1 saturated carbocycles. The number of amides is 1. The maximum absolute atomic E-state index is 12.1. The number of amidine groups is 1. The van der Waals surface area contributed by atoms with Gasteiger partial charge in [0.15, 0.2) is 0 Å². The van der Waals surface area contributed by atoms with Crippen molar-refractivity contribution in [1.29, 1.82) is 0 Å². The van der Waals surface area contributed by atoms with Crippen molar-refractivity contribution in [2.75, 3.05) is 19.4 Å². The van der Waals surface area contributed by atoms with Gasteiger partial charge in [-0.2, -0.15) is 0 Å². The van der Waals surface area contributed by atoms with Gasteiger partial charge in [0.05, 0.1) is 6.54 Å². The molecule has 0 bridgehead atoms. The Morgan fingerprint density at radius 3 is 2.46 bits per heavy atom. The molecule has 2 aromatic carbocycles. The first-order valence-electron chi connectivity index (χ1n) is 10.3.